The lowest BCUT2D eigenvalue weighted by atomic mass is 10.3. The quantitative estimate of drug-likeness (QED) is 0.473. The average Bonchev–Trinajstić information content (AvgIpc) is 2.37. The molecule has 0 radical (unpaired) electrons. The van der Waals surface area contributed by atoms with Gasteiger partial charge >= 0.3 is 0 Å². The maximum atomic E-state index is 4.20. The number of nitrogens with one attached hydrogen (secondary N) is 1. The molecule has 0 aliphatic heterocycles. The molecule has 0 fully saturated rings. The van der Waals surface area contributed by atoms with Crippen molar-refractivity contribution >= 4 is 12.6 Å². The summed E-state index contributed by atoms with van der Waals surface area (Å²) in [5.41, 5.74) is 0.980. The molecule has 48 valence electrons. The fourth-order valence-electron chi connectivity index (χ4n) is 0.558. The molecule has 1 atom stereocenters. The Morgan fingerprint density at radius 3 is 3.11 bits per heavy atom. The first-order chi connectivity index (χ1) is 4.34. The van der Waals surface area contributed by atoms with Crippen LogP contribution in [-0.2, 0) is 0 Å². The van der Waals surface area contributed by atoms with Crippen LogP contribution in [-0.4, -0.2) is 10.2 Å². The van der Waals surface area contributed by atoms with Crippen LogP contribution in [0.2, 0.25) is 0 Å². The second-order valence-electron chi connectivity index (χ2n) is 1.69. The second kappa shape index (κ2) is 2.73. The Kier molecular flexibility index (Phi) is 1.95. The van der Waals surface area contributed by atoms with E-state index in [1.165, 1.54) is 0 Å². The molecule has 0 amide bonds. The van der Waals surface area contributed by atoms with Gasteiger partial charge in [-0.05, 0) is 6.07 Å². The molecule has 1 heterocycles. The fraction of sp³-hybridized carbons (Fsp3) is 0.167. The average molecular weight is 140 g/mol. The van der Waals surface area contributed by atoms with Gasteiger partial charge in [0.1, 0.15) is 0 Å². The Hall–Kier alpha value is -0.700. The zero-order valence-electron chi connectivity index (χ0n) is 4.91. The Morgan fingerprint density at radius 1 is 1.89 bits per heavy atom. The van der Waals surface area contributed by atoms with Gasteiger partial charge in [0, 0.05) is 6.20 Å². The molecule has 3 heteroatoms. The van der Waals surface area contributed by atoms with Gasteiger partial charge in [-0.3, -0.25) is 5.10 Å². The molecule has 1 rings (SSSR count). The van der Waals surface area contributed by atoms with Crippen molar-refractivity contribution in [1.82, 2.24) is 10.2 Å². The second-order valence-corrected chi connectivity index (χ2v) is 2.25. The predicted octanol–water partition coefficient (Wildman–Crippen LogP) is 1.57. The monoisotopic (exact) mass is 140 g/mol. The number of H-pyrrole nitrogens is 1. The van der Waals surface area contributed by atoms with E-state index in [4.69, 9.17) is 0 Å². The highest BCUT2D eigenvalue weighted by Crippen LogP contribution is 2.16. The van der Waals surface area contributed by atoms with Gasteiger partial charge < -0.3 is 0 Å². The lowest BCUT2D eigenvalue weighted by Gasteiger charge is -1.97. The van der Waals surface area contributed by atoms with E-state index in [2.05, 4.69) is 29.4 Å². The van der Waals surface area contributed by atoms with E-state index < -0.39 is 0 Å². The molecule has 1 aromatic rings. The van der Waals surface area contributed by atoms with E-state index in [-0.39, 0.29) is 5.25 Å². The van der Waals surface area contributed by atoms with Crippen molar-refractivity contribution in [2.24, 2.45) is 0 Å². The number of hydrogen-bond acceptors (Lipinski definition) is 2. The fourth-order valence-corrected chi connectivity index (χ4v) is 0.702. The molecule has 2 nitrogen and oxygen atoms in total. The Bertz CT molecular complexity index is 181. The third kappa shape index (κ3) is 1.36. The van der Waals surface area contributed by atoms with Crippen molar-refractivity contribution in [3.8, 4) is 0 Å². The summed E-state index contributed by atoms with van der Waals surface area (Å²) in [7, 11) is 0. The van der Waals surface area contributed by atoms with E-state index in [9.17, 15) is 0 Å². The summed E-state index contributed by atoms with van der Waals surface area (Å²) in [5.74, 6) is 0. The van der Waals surface area contributed by atoms with Gasteiger partial charge in [-0.1, -0.05) is 6.08 Å². The van der Waals surface area contributed by atoms with E-state index in [0.29, 0.717) is 0 Å². The Labute approximate surface area is 59.4 Å². The lowest BCUT2D eigenvalue weighted by Crippen LogP contribution is -1.84. The van der Waals surface area contributed by atoms with Gasteiger partial charge in [-0.15, -0.1) is 6.58 Å². The number of nitrogens with zero attached hydrogens (tertiary/aromatic N) is 1. The lowest BCUT2D eigenvalue weighted by molar-refractivity contribution is 1.00. The molecule has 0 aromatic carbocycles. The van der Waals surface area contributed by atoms with E-state index in [1.807, 2.05) is 6.07 Å². The molecule has 1 unspecified atom stereocenters. The van der Waals surface area contributed by atoms with Gasteiger partial charge in [0.05, 0.1) is 10.9 Å². The topological polar surface area (TPSA) is 28.7 Å². The normalized spacial score (nSPS) is 13.0. The van der Waals surface area contributed by atoms with Gasteiger partial charge in [0.2, 0.25) is 0 Å². The van der Waals surface area contributed by atoms with Crippen molar-refractivity contribution in [2.45, 2.75) is 5.25 Å². The number of rotatable bonds is 2. The van der Waals surface area contributed by atoms with Crippen LogP contribution in [0.4, 0.5) is 0 Å². The molecule has 0 bridgehead atoms. The van der Waals surface area contributed by atoms with Crippen LogP contribution in [0.5, 0.6) is 0 Å². The number of thiol groups is 1. The zero-order valence-corrected chi connectivity index (χ0v) is 5.81. The molecule has 1 aromatic heterocycles. The number of aromatic nitrogens is 2. The molecule has 0 aliphatic rings. The SMILES string of the molecule is C=CC(S)c1ccn[nH]1. The molecular formula is C6H8N2S. The summed E-state index contributed by atoms with van der Waals surface area (Å²) < 4.78 is 0. The van der Waals surface area contributed by atoms with Crippen LogP contribution in [0.15, 0.2) is 24.9 Å². The molecule has 1 N–H and O–H groups in total. The minimum atomic E-state index is 0.0764. The predicted molar refractivity (Wildman–Crippen MR) is 40.5 cm³/mol. The van der Waals surface area contributed by atoms with Gasteiger partial charge in [-0.25, -0.2) is 0 Å². The standard InChI is InChI=1S/C6H8N2S/c1-2-6(9)5-3-4-7-8-5/h2-4,6,9H,1H2,(H,7,8). The molecule has 0 saturated carbocycles. The van der Waals surface area contributed by atoms with Gasteiger partial charge in [0.25, 0.3) is 0 Å². The number of aromatic amines is 1. The van der Waals surface area contributed by atoms with Crippen molar-refractivity contribution < 1.29 is 0 Å². The van der Waals surface area contributed by atoms with Crippen LogP contribution in [0.3, 0.4) is 0 Å². The Morgan fingerprint density at radius 2 is 2.67 bits per heavy atom. The summed E-state index contributed by atoms with van der Waals surface area (Å²) >= 11 is 4.20. The van der Waals surface area contributed by atoms with Crippen LogP contribution < -0.4 is 0 Å². The van der Waals surface area contributed by atoms with E-state index >= 15 is 0 Å². The first-order valence-electron chi connectivity index (χ1n) is 2.64. The third-order valence-electron chi connectivity index (χ3n) is 1.06. The van der Waals surface area contributed by atoms with Crippen molar-refractivity contribution in [2.75, 3.05) is 0 Å². The molecule has 0 spiro atoms. The first kappa shape index (κ1) is 6.42. The minimum Gasteiger partial charge on any atom is -0.281 e. The summed E-state index contributed by atoms with van der Waals surface area (Å²) in [6.07, 6.45) is 3.44. The van der Waals surface area contributed by atoms with Crippen molar-refractivity contribution in [3.63, 3.8) is 0 Å². The summed E-state index contributed by atoms with van der Waals surface area (Å²) in [5, 5.41) is 6.64. The molecule has 9 heavy (non-hydrogen) atoms. The van der Waals surface area contributed by atoms with Crippen LogP contribution in [0.1, 0.15) is 10.9 Å². The zero-order chi connectivity index (χ0) is 6.69. The molecule has 0 aliphatic carbocycles. The van der Waals surface area contributed by atoms with Crippen molar-refractivity contribution in [1.29, 1.82) is 0 Å². The van der Waals surface area contributed by atoms with Gasteiger partial charge in [0.15, 0.2) is 0 Å². The summed E-state index contributed by atoms with van der Waals surface area (Å²) in [4.78, 5) is 0. The van der Waals surface area contributed by atoms with E-state index in [0.717, 1.165) is 5.69 Å². The highest BCUT2D eigenvalue weighted by molar-refractivity contribution is 7.80. The van der Waals surface area contributed by atoms with Gasteiger partial charge in [-0.2, -0.15) is 17.7 Å². The largest absolute Gasteiger partial charge is 0.281 e. The minimum absolute atomic E-state index is 0.0764. The third-order valence-corrected chi connectivity index (χ3v) is 1.55. The first-order valence-corrected chi connectivity index (χ1v) is 3.16. The summed E-state index contributed by atoms with van der Waals surface area (Å²) in [6.45, 7) is 3.59. The summed E-state index contributed by atoms with van der Waals surface area (Å²) in [6, 6.07) is 1.87. The highest BCUT2D eigenvalue weighted by Gasteiger charge is 1.99. The van der Waals surface area contributed by atoms with Crippen LogP contribution >= 0.6 is 12.6 Å². The maximum absolute atomic E-state index is 4.20. The van der Waals surface area contributed by atoms with Crippen LogP contribution in [0.25, 0.3) is 0 Å². The Balaban J connectivity index is 2.76. The molecular weight excluding hydrogens is 132 g/mol. The highest BCUT2D eigenvalue weighted by atomic mass is 32.1. The number of hydrogen-bond donors (Lipinski definition) is 2. The van der Waals surface area contributed by atoms with E-state index in [1.54, 1.807) is 12.3 Å². The molecule has 0 saturated heterocycles. The maximum Gasteiger partial charge on any atom is 0.0611 e. The van der Waals surface area contributed by atoms with Crippen LogP contribution in [0, 0.1) is 0 Å². The smallest absolute Gasteiger partial charge is 0.0611 e. The van der Waals surface area contributed by atoms with Crippen molar-refractivity contribution in [3.05, 3.63) is 30.6 Å².